The monoisotopic (exact) mass is 682 g/mol. The average Bonchev–Trinajstić information content (AvgIpc) is 3.34. The quantitative estimate of drug-likeness (QED) is 0.244. The van der Waals surface area contributed by atoms with Crippen LogP contribution in [0, 0.1) is 0 Å². The number of fused-ring (bicyclic) bond motifs is 3. The summed E-state index contributed by atoms with van der Waals surface area (Å²) in [5, 5.41) is 4.89. The first-order chi connectivity index (χ1) is 23.2. The Balaban J connectivity index is 1.46. The molecule has 262 valence electrons. The zero-order valence-electron chi connectivity index (χ0n) is 27.6. The van der Waals surface area contributed by atoms with Gasteiger partial charge in [0, 0.05) is 33.6 Å². The predicted molar refractivity (Wildman–Crippen MR) is 167 cm³/mol. The first-order valence-electron chi connectivity index (χ1n) is 15.5. The standard InChI is InChI=1S/C34H38N2O13/c1-17(37)27(35-34(43)45-15-26-24-12-8-6-10-22(24)23-11-7-9-13-25(23)26)14-29(42)36-33-32(48-21(5)41)31(47-20(4)40)30(46-19(3)39)28(49-33)16-44-18(2)38/h6-13,26-28,30-33H,14-16H2,1-5H3,(H,35,43)(H,36,42)/t27-,28?,30?,31?,32?,33?/m0/s1. The van der Waals surface area contributed by atoms with E-state index in [-0.39, 0.29) is 12.5 Å². The number of amides is 2. The van der Waals surface area contributed by atoms with Crippen LogP contribution in [0.2, 0.25) is 0 Å². The molecule has 15 heteroatoms. The van der Waals surface area contributed by atoms with Crippen LogP contribution in [-0.4, -0.2) is 91.6 Å². The Bertz CT molecular complexity index is 1560. The third kappa shape index (κ3) is 9.41. The number of ketones is 1. The molecule has 1 saturated heterocycles. The Morgan fingerprint density at radius 1 is 0.673 bits per heavy atom. The maximum atomic E-state index is 13.3. The van der Waals surface area contributed by atoms with Gasteiger partial charge in [0.05, 0.1) is 12.5 Å². The minimum Gasteiger partial charge on any atom is -0.463 e. The van der Waals surface area contributed by atoms with Gasteiger partial charge in [-0.2, -0.15) is 0 Å². The second-order valence-electron chi connectivity index (χ2n) is 11.5. The number of hydrogen-bond acceptors (Lipinski definition) is 13. The van der Waals surface area contributed by atoms with E-state index in [2.05, 4.69) is 10.6 Å². The molecule has 1 heterocycles. The first-order valence-corrected chi connectivity index (χ1v) is 15.5. The van der Waals surface area contributed by atoms with Gasteiger partial charge in [-0.25, -0.2) is 4.79 Å². The third-order valence-corrected chi connectivity index (χ3v) is 7.81. The molecule has 5 unspecified atom stereocenters. The fraction of sp³-hybridized carbons (Fsp3) is 0.441. The fourth-order valence-corrected chi connectivity index (χ4v) is 5.83. The second-order valence-corrected chi connectivity index (χ2v) is 11.5. The van der Waals surface area contributed by atoms with Crippen molar-refractivity contribution in [1.82, 2.24) is 10.6 Å². The van der Waals surface area contributed by atoms with Crippen molar-refractivity contribution < 1.29 is 62.0 Å². The number of ether oxygens (including phenoxy) is 6. The number of carbonyl (C=O) groups is 7. The van der Waals surface area contributed by atoms with E-state index in [1.54, 1.807) is 0 Å². The zero-order chi connectivity index (χ0) is 35.8. The van der Waals surface area contributed by atoms with Crippen LogP contribution in [0.4, 0.5) is 4.79 Å². The molecular weight excluding hydrogens is 644 g/mol. The largest absolute Gasteiger partial charge is 0.463 e. The summed E-state index contributed by atoms with van der Waals surface area (Å²) in [7, 11) is 0. The van der Waals surface area contributed by atoms with Gasteiger partial charge in [0.15, 0.2) is 30.3 Å². The van der Waals surface area contributed by atoms with Crippen molar-refractivity contribution >= 4 is 41.7 Å². The highest BCUT2D eigenvalue weighted by molar-refractivity contribution is 5.91. The molecule has 6 atom stereocenters. The van der Waals surface area contributed by atoms with Crippen molar-refractivity contribution in [2.45, 2.75) is 83.6 Å². The first kappa shape index (κ1) is 36.5. The number of carbonyl (C=O) groups excluding carboxylic acids is 7. The smallest absolute Gasteiger partial charge is 0.407 e. The predicted octanol–water partition coefficient (Wildman–Crippen LogP) is 2.07. The molecule has 0 bridgehead atoms. The highest BCUT2D eigenvalue weighted by Crippen LogP contribution is 2.44. The normalized spacial score (nSPS) is 21.5. The maximum Gasteiger partial charge on any atom is 0.407 e. The Labute approximate surface area is 281 Å². The van der Waals surface area contributed by atoms with Gasteiger partial charge in [0.2, 0.25) is 5.91 Å². The van der Waals surface area contributed by atoms with E-state index >= 15 is 0 Å². The number of benzene rings is 2. The number of esters is 4. The maximum absolute atomic E-state index is 13.3. The van der Waals surface area contributed by atoms with Crippen LogP contribution in [0.15, 0.2) is 48.5 Å². The summed E-state index contributed by atoms with van der Waals surface area (Å²) in [6, 6.07) is 14.2. The molecule has 4 rings (SSSR count). The van der Waals surface area contributed by atoms with Crippen LogP contribution < -0.4 is 10.6 Å². The van der Waals surface area contributed by atoms with Crippen molar-refractivity contribution in [3.8, 4) is 11.1 Å². The molecule has 0 spiro atoms. The van der Waals surface area contributed by atoms with Gasteiger partial charge in [-0.15, -0.1) is 0 Å². The van der Waals surface area contributed by atoms with Gasteiger partial charge in [-0.05, 0) is 29.2 Å². The summed E-state index contributed by atoms with van der Waals surface area (Å²) in [4.78, 5) is 86.3. The highest BCUT2D eigenvalue weighted by Gasteiger charge is 2.52. The molecular formula is C34H38N2O13. The van der Waals surface area contributed by atoms with Gasteiger partial charge in [0.1, 0.15) is 19.3 Å². The number of nitrogens with one attached hydrogen (secondary N) is 2. The summed E-state index contributed by atoms with van der Waals surface area (Å²) < 4.78 is 32.4. The van der Waals surface area contributed by atoms with Gasteiger partial charge in [-0.3, -0.25) is 28.8 Å². The van der Waals surface area contributed by atoms with E-state index in [9.17, 15) is 33.6 Å². The van der Waals surface area contributed by atoms with Gasteiger partial charge < -0.3 is 39.1 Å². The molecule has 2 amide bonds. The average molecular weight is 683 g/mol. The minimum absolute atomic E-state index is 0.0264. The Morgan fingerprint density at radius 2 is 1.20 bits per heavy atom. The SMILES string of the molecule is CC(=O)OCC1OC(NC(=O)C[C@H](NC(=O)OCC2c3ccccc3-c3ccccc32)C(C)=O)C(OC(C)=O)C(OC(C)=O)C1OC(C)=O. The molecule has 1 aliphatic carbocycles. The minimum atomic E-state index is -1.55. The Kier molecular flexibility index (Phi) is 12.1. The van der Waals surface area contributed by atoms with E-state index < -0.39 is 91.4 Å². The van der Waals surface area contributed by atoms with E-state index in [0.29, 0.717) is 0 Å². The number of alkyl carbamates (subject to hydrolysis) is 1. The molecule has 1 aliphatic heterocycles. The van der Waals surface area contributed by atoms with Crippen LogP contribution >= 0.6 is 0 Å². The second kappa shape index (κ2) is 16.2. The van der Waals surface area contributed by atoms with Gasteiger partial charge in [0.25, 0.3) is 0 Å². The van der Waals surface area contributed by atoms with Crippen LogP contribution in [0.5, 0.6) is 0 Å². The fourth-order valence-electron chi connectivity index (χ4n) is 5.83. The molecule has 2 aromatic carbocycles. The lowest BCUT2D eigenvalue weighted by Crippen LogP contribution is -2.66. The van der Waals surface area contributed by atoms with Crippen LogP contribution in [-0.2, 0) is 57.2 Å². The lowest BCUT2D eigenvalue weighted by Gasteiger charge is -2.44. The lowest BCUT2D eigenvalue weighted by molar-refractivity contribution is -0.257. The zero-order valence-corrected chi connectivity index (χ0v) is 27.6. The van der Waals surface area contributed by atoms with E-state index in [0.717, 1.165) is 49.9 Å². The lowest BCUT2D eigenvalue weighted by atomic mass is 9.97. The Hall–Kier alpha value is -5.31. The van der Waals surface area contributed by atoms with Crippen molar-refractivity contribution in [3.05, 3.63) is 59.7 Å². The third-order valence-electron chi connectivity index (χ3n) is 7.81. The number of hydrogen-bond donors (Lipinski definition) is 2. The molecule has 0 radical (unpaired) electrons. The molecule has 49 heavy (non-hydrogen) atoms. The molecule has 0 aromatic heterocycles. The van der Waals surface area contributed by atoms with Gasteiger partial charge in [-0.1, -0.05) is 48.5 Å². The Morgan fingerprint density at radius 3 is 1.73 bits per heavy atom. The highest BCUT2D eigenvalue weighted by atomic mass is 16.7. The van der Waals surface area contributed by atoms with Crippen molar-refractivity contribution in [2.24, 2.45) is 0 Å². The van der Waals surface area contributed by atoms with E-state index in [4.69, 9.17) is 28.4 Å². The molecule has 2 aliphatic rings. The topological polar surface area (TPSA) is 199 Å². The summed E-state index contributed by atoms with van der Waals surface area (Å²) >= 11 is 0. The summed E-state index contributed by atoms with van der Waals surface area (Å²) in [5.74, 6) is -4.87. The van der Waals surface area contributed by atoms with E-state index in [1.807, 2.05) is 48.5 Å². The van der Waals surface area contributed by atoms with Crippen molar-refractivity contribution in [1.29, 1.82) is 0 Å². The van der Waals surface area contributed by atoms with Crippen LogP contribution in [0.1, 0.15) is 58.1 Å². The summed E-state index contributed by atoms with van der Waals surface area (Å²) in [6.45, 7) is 4.97. The summed E-state index contributed by atoms with van der Waals surface area (Å²) in [6.07, 6.45) is -8.83. The number of Topliss-reactive ketones (excluding diaryl/α,β-unsaturated/α-hetero) is 1. The van der Waals surface area contributed by atoms with Gasteiger partial charge >= 0.3 is 30.0 Å². The summed E-state index contributed by atoms with van der Waals surface area (Å²) in [5.41, 5.74) is 4.05. The molecule has 2 N–H and O–H groups in total. The van der Waals surface area contributed by atoms with E-state index in [1.165, 1.54) is 6.92 Å². The van der Waals surface area contributed by atoms with Crippen LogP contribution in [0.3, 0.4) is 0 Å². The molecule has 15 nitrogen and oxygen atoms in total. The molecule has 0 saturated carbocycles. The number of rotatable bonds is 12. The van der Waals surface area contributed by atoms with Crippen LogP contribution in [0.25, 0.3) is 11.1 Å². The van der Waals surface area contributed by atoms with Crippen molar-refractivity contribution in [2.75, 3.05) is 13.2 Å². The molecule has 1 fully saturated rings. The van der Waals surface area contributed by atoms with Crippen molar-refractivity contribution in [3.63, 3.8) is 0 Å². The molecule has 2 aromatic rings.